The zero-order valence-electron chi connectivity index (χ0n) is 20.2. The predicted octanol–water partition coefficient (Wildman–Crippen LogP) is 3.54. The minimum atomic E-state index is -0.514. The molecule has 0 unspecified atom stereocenters. The molecule has 2 atom stereocenters. The van der Waals surface area contributed by atoms with Crippen LogP contribution in [-0.2, 0) is 16.0 Å². The van der Waals surface area contributed by atoms with Crippen molar-refractivity contribution in [2.45, 2.75) is 31.4 Å². The SMILES string of the molecule is C=CCC[C@H](O)CN(CCOC)CC(=O)N1CCc2sccc2[C@H]1COc1cccc(OC)c1. The average Bonchev–Trinajstić information content (AvgIpc) is 3.33. The third-order valence-corrected chi connectivity index (χ3v) is 7.00. The summed E-state index contributed by atoms with van der Waals surface area (Å²) in [6.45, 7) is 6.46. The van der Waals surface area contributed by atoms with Crippen LogP contribution in [0.5, 0.6) is 11.5 Å². The van der Waals surface area contributed by atoms with Gasteiger partial charge in [0.15, 0.2) is 0 Å². The monoisotopic (exact) mass is 488 g/mol. The molecule has 0 aliphatic carbocycles. The lowest BCUT2D eigenvalue weighted by molar-refractivity contribution is -0.136. The van der Waals surface area contributed by atoms with Crippen LogP contribution in [0, 0.1) is 0 Å². The van der Waals surface area contributed by atoms with Gasteiger partial charge in [0.1, 0.15) is 18.1 Å². The number of methoxy groups -OCH3 is 2. The Kier molecular flexibility index (Phi) is 10.4. The molecule has 2 heterocycles. The molecular weight excluding hydrogens is 452 g/mol. The minimum absolute atomic E-state index is 0.0307. The predicted molar refractivity (Wildman–Crippen MR) is 135 cm³/mol. The summed E-state index contributed by atoms with van der Waals surface area (Å²) in [7, 11) is 3.27. The Balaban J connectivity index is 1.70. The summed E-state index contributed by atoms with van der Waals surface area (Å²) in [5.74, 6) is 1.47. The Bertz CT molecular complexity index is 918. The Labute approximate surface area is 206 Å². The van der Waals surface area contributed by atoms with Gasteiger partial charge in [-0.1, -0.05) is 12.1 Å². The number of benzene rings is 1. The van der Waals surface area contributed by atoms with Crippen molar-refractivity contribution in [1.82, 2.24) is 9.80 Å². The number of aliphatic hydroxyl groups excluding tert-OH is 1. The van der Waals surface area contributed by atoms with E-state index in [0.29, 0.717) is 45.0 Å². The van der Waals surface area contributed by atoms with Gasteiger partial charge in [-0.25, -0.2) is 0 Å². The van der Waals surface area contributed by atoms with Crippen molar-refractivity contribution in [1.29, 1.82) is 0 Å². The Morgan fingerprint density at radius 3 is 2.94 bits per heavy atom. The molecule has 1 aliphatic heterocycles. The lowest BCUT2D eigenvalue weighted by atomic mass is 10.0. The number of allylic oxidation sites excluding steroid dienone is 1. The third-order valence-electron chi connectivity index (χ3n) is 6.01. The van der Waals surface area contributed by atoms with Crippen LogP contribution in [0.2, 0.25) is 0 Å². The van der Waals surface area contributed by atoms with Crippen LogP contribution in [0.1, 0.15) is 29.3 Å². The fraction of sp³-hybridized carbons (Fsp3) is 0.500. The highest BCUT2D eigenvalue weighted by Crippen LogP contribution is 2.34. The van der Waals surface area contributed by atoms with Crippen LogP contribution in [0.15, 0.2) is 48.4 Å². The quantitative estimate of drug-likeness (QED) is 0.410. The molecule has 1 aromatic carbocycles. The number of aliphatic hydroxyl groups is 1. The van der Waals surface area contributed by atoms with Gasteiger partial charge < -0.3 is 24.2 Å². The first-order valence-electron chi connectivity index (χ1n) is 11.7. The molecule has 0 bridgehead atoms. The van der Waals surface area contributed by atoms with E-state index in [1.165, 1.54) is 4.88 Å². The maximum atomic E-state index is 13.5. The number of rotatable bonds is 14. The van der Waals surface area contributed by atoms with Crippen molar-refractivity contribution in [3.05, 3.63) is 58.8 Å². The number of nitrogens with zero attached hydrogens (tertiary/aromatic N) is 2. The molecule has 1 aliphatic rings. The molecule has 0 saturated heterocycles. The lowest BCUT2D eigenvalue weighted by Gasteiger charge is -2.37. The molecule has 0 fully saturated rings. The van der Waals surface area contributed by atoms with Crippen LogP contribution < -0.4 is 9.47 Å². The maximum Gasteiger partial charge on any atom is 0.237 e. The fourth-order valence-electron chi connectivity index (χ4n) is 4.18. The van der Waals surface area contributed by atoms with Gasteiger partial charge in [0, 0.05) is 37.7 Å². The Morgan fingerprint density at radius 1 is 1.35 bits per heavy atom. The number of ether oxygens (including phenoxy) is 3. The largest absolute Gasteiger partial charge is 0.497 e. The molecule has 8 heteroatoms. The molecule has 1 N–H and O–H groups in total. The van der Waals surface area contributed by atoms with Gasteiger partial charge in [0.25, 0.3) is 0 Å². The number of hydrogen-bond donors (Lipinski definition) is 1. The smallest absolute Gasteiger partial charge is 0.237 e. The number of hydrogen-bond acceptors (Lipinski definition) is 7. The highest BCUT2D eigenvalue weighted by atomic mass is 32.1. The summed E-state index contributed by atoms with van der Waals surface area (Å²) < 4.78 is 16.7. The van der Waals surface area contributed by atoms with Gasteiger partial charge in [-0.3, -0.25) is 9.69 Å². The number of fused-ring (bicyclic) bond motifs is 1. The van der Waals surface area contributed by atoms with Crippen molar-refractivity contribution in [2.24, 2.45) is 0 Å². The van der Waals surface area contributed by atoms with Crippen molar-refractivity contribution in [2.75, 3.05) is 53.6 Å². The normalized spacial score (nSPS) is 16.2. The van der Waals surface area contributed by atoms with Crippen LogP contribution >= 0.6 is 11.3 Å². The number of carbonyl (C=O) groups excluding carboxylic acids is 1. The van der Waals surface area contributed by atoms with Crippen LogP contribution in [0.4, 0.5) is 0 Å². The van der Waals surface area contributed by atoms with Crippen molar-refractivity contribution in [3.63, 3.8) is 0 Å². The molecule has 7 nitrogen and oxygen atoms in total. The number of carbonyl (C=O) groups is 1. The summed E-state index contributed by atoms with van der Waals surface area (Å²) in [5, 5.41) is 12.5. The second-order valence-corrected chi connectivity index (χ2v) is 9.39. The fourth-order valence-corrected chi connectivity index (χ4v) is 5.11. The second kappa shape index (κ2) is 13.5. The molecule has 34 heavy (non-hydrogen) atoms. The van der Waals surface area contributed by atoms with E-state index < -0.39 is 6.10 Å². The standard InChI is InChI=1S/C26H36N2O5S/c1-4-5-7-20(29)17-27(13-14-31-2)18-26(30)28-12-10-25-23(11-15-34-25)24(28)19-33-22-9-6-8-21(16-22)32-3/h4,6,8-9,11,15-16,20,24,29H,1,5,7,10,12-14,17-19H2,2-3H3/t20-,24+/m0/s1. The summed E-state index contributed by atoms with van der Waals surface area (Å²) in [6.07, 6.45) is 3.49. The lowest BCUT2D eigenvalue weighted by Crippen LogP contribution is -2.48. The third kappa shape index (κ3) is 7.30. The average molecular weight is 489 g/mol. The van der Waals surface area contributed by atoms with Gasteiger partial charge in [-0.2, -0.15) is 0 Å². The van der Waals surface area contributed by atoms with E-state index in [4.69, 9.17) is 14.2 Å². The van der Waals surface area contributed by atoms with E-state index in [1.807, 2.05) is 34.1 Å². The van der Waals surface area contributed by atoms with E-state index in [1.54, 1.807) is 31.6 Å². The summed E-state index contributed by atoms with van der Waals surface area (Å²) in [5.41, 5.74) is 1.15. The van der Waals surface area contributed by atoms with Crippen LogP contribution in [0.3, 0.4) is 0 Å². The first kappa shape index (κ1) is 26.2. The first-order chi connectivity index (χ1) is 16.5. The maximum absolute atomic E-state index is 13.5. The van der Waals surface area contributed by atoms with Gasteiger partial charge in [-0.15, -0.1) is 17.9 Å². The highest BCUT2D eigenvalue weighted by Gasteiger charge is 2.33. The Hall–Kier alpha value is -2.39. The molecule has 0 spiro atoms. The second-order valence-electron chi connectivity index (χ2n) is 8.39. The van der Waals surface area contributed by atoms with E-state index in [9.17, 15) is 9.90 Å². The van der Waals surface area contributed by atoms with Gasteiger partial charge >= 0.3 is 0 Å². The van der Waals surface area contributed by atoms with Crippen molar-refractivity contribution >= 4 is 17.2 Å². The molecule has 2 aromatic rings. The molecule has 1 amide bonds. The van der Waals surface area contributed by atoms with Gasteiger partial charge in [0.05, 0.1) is 32.4 Å². The van der Waals surface area contributed by atoms with E-state index in [0.717, 1.165) is 24.2 Å². The van der Waals surface area contributed by atoms with Gasteiger partial charge in [0.2, 0.25) is 5.91 Å². The van der Waals surface area contributed by atoms with Crippen LogP contribution in [-0.4, -0.2) is 80.5 Å². The molecular formula is C26H36N2O5S. The summed E-state index contributed by atoms with van der Waals surface area (Å²) in [4.78, 5) is 18.7. The zero-order chi connectivity index (χ0) is 24.3. The summed E-state index contributed by atoms with van der Waals surface area (Å²) >= 11 is 1.73. The van der Waals surface area contributed by atoms with E-state index in [-0.39, 0.29) is 18.5 Å². The zero-order valence-corrected chi connectivity index (χ0v) is 21.0. The molecule has 0 saturated carbocycles. The highest BCUT2D eigenvalue weighted by molar-refractivity contribution is 7.10. The number of thiophene rings is 1. The van der Waals surface area contributed by atoms with Gasteiger partial charge in [-0.05, 0) is 48.4 Å². The molecule has 0 radical (unpaired) electrons. The molecule has 186 valence electrons. The molecule has 3 rings (SSSR count). The Morgan fingerprint density at radius 2 is 2.18 bits per heavy atom. The topological polar surface area (TPSA) is 71.5 Å². The number of amides is 1. The van der Waals surface area contributed by atoms with Crippen molar-refractivity contribution < 1.29 is 24.1 Å². The molecule has 1 aromatic heterocycles. The van der Waals surface area contributed by atoms with E-state index >= 15 is 0 Å². The first-order valence-corrected chi connectivity index (χ1v) is 12.6. The van der Waals surface area contributed by atoms with E-state index in [2.05, 4.69) is 18.0 Å². The summed E-state index contributed by atoms with van der Waals surface area (Å²) in [6, 6.07) is 9.44. The van der Waals surface area contributed by atoms with Crippen molar-refractivity contribution in [3.8, 4) is 11.5 Å². The minimum Gasteiger partial charge on any atom is -0.497 e. The van der Waals surface area contributed by atoms with Crippen LogP contribution in [0.25, 0.3) is 0 Å².